The highest BCUT2D eigenvalue weighted by Gasteiger charge is 2.02. The quantitative estimate of drug-likeness (QED) is 0.723. The fraction of sp³-hybridized carbons (Fsp3) is 0. The Morgan fingerprint density at radius 2 is 1.46 bits per heavy atom. The number of nitrogens with zero attached hydrogens (tertiary/aromatic N) is 2. The van der Waals surface area contributed by atoms with Gasteiger partial charge in [-0.2, -0.15) is 0 Å². The van der Waals surface area contributed by atoms with Gasteiger partial charge in [-0.15, -0.1) is 10.7 Å². The molecule has 0 saturated heterocycles. The zero-order valence-corrected chi connectivity index (χ0v) is 15.0. The third kappa shape index (κ3) is 7.94. The number of amides is 1. The highest BCUT2D eigenvalue weighted by atomic mass is 17.3. The lowest BCUT2D eigenvalue weighted by atomic mass is 10.2. The number of nitrogens with one attached hydrogen (secondary N) is 1. The molecule has 1 amide bonds. The number of rotatable bonds is 1. The van der Waals surface area contributed by atoms with Crippen molar-refractivity contribution in [3.05, 3.63) is 108 Å². The summed E-state index contributed by atoms with van der Waals surface area (Å²) in [6.45, 7) is 0. The van der Waals surface area contributed by atoms with Crippen molar-refractivity contribution >= 4 is 12.0 Å². The van der Waals surface area contributed by atoms with Gasteiger partial charge in [0.15, 0.2) is 11.4 Å². The summed E-state index contributed by atoms with van der Waals surface area (Å²) in [6.07, 6.45) is 23.5. The Kier molecular flexibility index (Phi) is 9.00. The number of nitrogens with two attached hydrogens (primary N) is 1. The van der Waals surface area contributed by atoms with Gasteiger partial charge in [-0.05, 0) is 22.4 Å². The number of carbonyl (C=O) groups excluding carboxylic acids is 1. The number of benzene rings is 1. The van der Waals surface area contributed by atoms with Gasteiger partial charge in [0.1, 0.15) is 0 Å². The number of hydrogen-bond acceptors (Lipinski definition) is 6. The lowest BCUT2D eigenvalue weighted by molar-refractivity contribution is -0.260. The number of carbonyl (C=O) groups is 1. The highest BCUT2D eigenvalue weighted by molar-refractivity contribution is 5.91. The van der Waals surface area contributed by atoms with Crippen LogP contribution in [0.1, 0.15) is 5.56 Å². The van der Waals surface area contributed by atoms with Gasteiger partial charge in [-0.1, -0.05) is 91.1 Å². The molecule has 1 heterocycles. The van der Waals surface area contributed by atoms with E-state index < -0.39 is 5.91 Å². The topological polar surface area (TPSA) is 98.3 Å². The Morgan fingerprint density at radius 3 is 2.14 bits per heavy atom. The van der Waals surface area contributed by atoms with Gasteiger partial charge in [-0.3, -0.25) is 4.79 Å². The summed E-state index contributed by atoms with van der Waals surface area (Å²) in [6, 6.07) is 7.28. The maximum Gasteiger partial charge on any atom is 0.269 e. The molecule has 0 aromatic heterocycles. The van der Waals surface area contributed by atoms with Crippen LogP contribution in [0.5, 0.6) is 5.75 Å². The largest absolute Gasteiger partial charge is 0.364 e. The second-order valence-electron chi connectivity index (χ2n) is 5.20. The molecule has 1 aromatic carbocycles. The van der Waals surface area contributed by atoms with Crippen molar-refractivity contribution in [2.75, 3.05) is 0 Å². The van der Waals surface area contributed by atoms with Crippen LogP contribution in [0.2, 0.25) is 0 Å². The van der Waals surface area contributed by atoms with E-state index in [-0.39, 0.29) is 5.70 Å². The predicted octanol–water partition coefficient (Wildman–Crippen LogP) is 4.05. The van der Waals surface area contributed by atoms with Crippen LogP contribution in [-0.2, 0) is 9.78 Å². The molecule has 0 spiro atoms. The fourth-order valence-corrected chi connectivity index (χ4v) is 1.90. The SMILES string of the molecule is NC(=O)/C1=C/C=CC=C\C=C/C=C\C=C\C=C/c2ccccc2OONN=N1. The van der Waals surface area contributed by atoms with Gasteiger partial charge in [-0.25, -0.2) is 0 Å². The van der Waals surface area contributed by atoms with Crippen LogP contribution in [0.25, 0.3) is 6.08 Å². The summed E-state index contributed by atoms with van der Waals surface area (Å²) in [7, 11) is 0. The average molecular weight is 376 g/mol. The molecule has 0 aliphatic carbocycles. The van der Waals surface area contributed by atoms with Crippen LogP contribution in [0.3, 0.4) is 0 Å². The minimum absolute atomic E-state index is 0.0560. The standard InChI is InChI=1S/C21H20N4O3/c22-21(26)19-16-11-9-7-5-3-1-2-4-6-8-10-14-18-15-12-13-17-20(18)27-28-25-24-23-19/h1-17H,(H2,22,26)(H,23,25)/b3-1-,4-2-,7-5?,8-6+,11-9?,14-10-,19-16-. The van der Waals surface area contributed by atoms with E-state index >= 15 is 0 Å². The first kappa shape index (κ1) is 20.3. The Hall–Kier alpha value is -3.97. The first-order valence-corrected chi connectivity index (χ1v) is 8.37. The normalized spacial score (nSPS) is 21.5. The molecule has 1 aliphatic heterocycles. The number of allylic oxidation sites excluding steroid dienone is 12. The van der Waals surface area contributed by atoms with Crippen molar-refractivity contribution in [2.24, 2.45) is 16.1 Å². The van der Waals surface area contributed by atoms with E-state index in [2.05, 4.69) is 15.9 Å². The Labute approximate surface area is 163 Å². The molecule has 7 nitrogen and oxygen atoms in total. The molecule has 7 heteroatoms. The van der Waals surface area contributed by atoms with E-state index in [0.717, 1.165) is 5.56 Å². The van der Waals surface area contributed by atoms with Gasteiger partial charge in [0.2, 0.25) is 0 Å². The van der Waals surface area contributed by atoms with Crippen LogP contribution in [0, 0.1) is 0 Å². The third-order valence-electron chi connectivity index (χ3n) is 3.18. The molecule has 3 N–H and O–H groups in total. The number of fused-ring (bicyclic) bond motifs is 1. The monoisotopic (exact) mass is 376 g/mol. The second kappa shape index (κ2) is 12.4. The Morgan fingerprint density at radius 1 is 0.857 bits per heavy atom. The van der Waals surface area contributed by atoms with Crippen LogP contribution in [0.15, 0.2) is 113 Å². The van der Waals surface area contributed by atoms with E-state index in [4.69, 9.17) is 15.6 Å². The van der Waals surface area contributed by atoms with Gasteiger partial charge < -0.3 is 10.6 Å². The molecule has 142 valence electrons. The van der Waals surface area contributed by atoms with Crippen LogP contribution >= 0.6 is 0 Å². The molecule has 1 aliphatic rings. The number of hydrogen-bond donors (Lipinski definition) is 2. The predicted molar refractivity (Wildman–Crippen MR) is 108 cm³/mol. The lowest BCUT2D eigenvalue weighted by Gasteiger charge is -2.05. The lowest BCUT2D eigenvalue weighted by Crippen LogP contribution is -2.14. The molecule has 0 atom stereocenters. The van der Waals surface area contributed by atoms with E-state index in [1.807, 2.05) is 66.8 Å². The highest BCUT2D eigenvalue weighted by Crippen LogP contribution is 2.19. The van der Waals surface area contributed by atoms with E-state index in [9.17, 15) is 4.79 Å². The molecule has 0 unspecified atom stereocenters. The maximum absolute atomic E-state index is 11.4. The first-order chi connectivity index (χ1) is 13.8. The third-order valence-corrected chi connectivity index (χ3v) is 3.18. The summed E-state index contributed by atoms with van der Waals surface area (Å²) < 4.78 is 0. The Bertz CT molecular complexity index is 891. The van der Waals surface area contributed by atoms with Crippen molar-refractivity contribution in [2.45, 2.75) is 0 Å². The van der Waals surface area contributed by atoms with Crippen molar-refractivity contribution in [3.63, 3.8) is 0 Å². The number of para-hydroxylation sites is 1. The molecule has 0 bridgehead atoms. The molecule has 0 radical (unpaired) electrons. The average Bonchev–Trinajstić information content (AvgIpc) is 2.69. The van der Waals surface area contributed by atoms with Gasteiger partial charge >= 0.3 is 0 Å². The number of primary amides is 1. The van der Waals surface area contributed by atoms with Gasteiger partial charge in [0, 0.05) is 5.56 Å². The maximum atomic E-state index is 11.4. The van der Waals surface area contributed by atoms with E-state index in [0.29, 0.717) is 5.75 Å². The molecule has 0 saturated carbocycles. The van der Waals surface area contributed by atoms with Gasteiger partial charge in [0.05, 0.1) is 0 Å². The zero-order valence-electron chi connectivity index (χ0n) is 15.0. The van der Waals surface area contributed by atoms with Crippen molar-refractivity contribution in [1.29, 1.82) is 0 Å². The van der Waals surface area contributed by atoms with Gasteiger partial charge in [0.25, 0.3) is 5.91 Å². The van der Waals surface area contributed by atoms with Crippen molar-refractivity contribution < 1.29 is 14.7 Å². The summed E-state index contributed by atoms with van der Waals surface area (Å²) in [5.74, 6) is -0.259. The van der Waals surface area contributed by atoms with Crippen molar-refractivity contribution in [3.8, 4) is 5.75 Å². The van der Waals surface area contributed by atoms with E-state index in [1.54, 1.807) is 30.4 Å². The van der Waals surface area contributed by atoms with Crippen molar-refractivity contribution in [1.82, 2.24) is 5.59 Å². The summed E-state index contributed by atoms with van der Waals surface area (Å²) in [5.41, 5.74) is 8.13. The minimum Gasteiger partial charge on any atom is -0.364 e. The smallest absolute Gasteiger partial charge is 0.269 e. The van der Waals surface area contributed by atoms with Crippen LogP contribution in [-0.4, -0.2) is 5.91 Å². The van der Waals surface area contributed by atoms with E-state index in [1.165, 1.54) is 6.08 Å². The summed E-state index contributed by atoms with van der Waals surface area (Å²) in [5, 5.41) is 7.16. The first-order valence-electron chi connectivity index (χ1n) is 8.37. The zero-order chi connectivity index (χ0) is 19.9. The fourth-order valence-electron chi connectivity index (χ4n) is 1.90. The molecule has 28 heavy (non-hydrogen) atoms. The summed E-state index contributed by atoms with van der Waals surface area (Å²) in [4.78, 5) is 21.3. The summed E-state index contributed by atoms with van der Waals surface area (Å²) >= 11 is 0. The molecular formula is C21H20N4O3. The van der Waals surface area contributed by atoms with Crippen LogP contribution in [0.4, 0.5) is 0 Å². The molecule has 2 rings (SSSR count). The molecule has 1 aromatic rings. The Balaban J connectivity index is 2.19. The second-order valence-corrected chi connectivity index (χ2v) is 5.20. The minimum atomic E-state index is -0.730. The molecule has 0 fully saturated rings. The molecular weight excluding hydrogens is 356 g/mol. The van der Waals surface area contributed by atoms with Crippen LogP contribution < -0.4 is 16.2 Å².